The molecule has 0 aliphatic carbocycles. The molecule has 2 rings (SSSR count). The van der Waals surface area contributed by atoms with Crippen molar-refractivity contribution < 1.29 is 19.0 Å². The Morgan fingerprint density at radius 2 is 2.37 bits per heavy atom. The molecule has 1 fully saturated rings. The van der Waals surface area contributed by atoms with Crippen molar-refractivity contribution in [2.45, 2.75) is 18.6 Å². The molecule has 2 atom stereocenters. The van der Waals surface area contributed by atoms with Gasteiger partial charge in [-0.15, -0.1) is 0 Å². The van der Waals surface area contributed by atoms with E-state index in [2.05, 4.69) is 0 Å². The molecule has 0 unspecified atom stereocenters. The van der Waals surface area contributed by atoms with E-state index in [0.717, 1.165) is 6.07 Å². The van der Waals surface area contributed by atoms with Crippen LogP contribution >= 0.6 is 11.6 Å². The first-order chi connectivity index (χ1) is 9.06. The molecule has 0 aromatic heterocycles. The molecule has 1 aromatic rings. The van der Waals surface area contributed by atoms with Crippen molar-refractivity contribution >= 4 is 17.5 Å². The summed E-state index contributed by atoms with van der Waals surface area (Å²) in [6, 6.07) is 3.36. The van der Waals surface area contributed by atoms with Gasteiger partial charge in [-0.25, -0.2) is 4.39 Å². The topological polar surface area (TPSA) is 49.8 Å². The van der Waals surface area contributed by atoms with Crippen LogP contribution in [0.4, 0.5) is 4.39 Å². The Morgan fingerprint density at radius 1 is 1.63 bits per heavy atom. The molecule has 104 valence electrons. The van der Waals surface area contributed by atoms with Gasteiger partial charge in [0.15, 0.2) is 0 Å². The number of nitrogens with zero attached hydrogens (tertiary/aromatic N) is 1. The van der Waals surface area contributed by atoms with E-state index in [1.807, 2.05) is 0 Å². The number of amides is 1. The van der Waals surface area contributed by atoms with Crippen molar-refractivity contribution in [3.05, 3.63) is 34.6 Å². The zero-order valence-electron chi connectivity index (χ0n) is 10.5. The predicted molar refractivity (Wildman–Crippen MR) is 68.7 cm³/mol. The lowest BCUT2D eigenvalue weighted by molar-refractivity contribution is 0.0648. The van der Waals surface area contributed by atoms with Crippen molar-refractivity contribution in [3.63, 3.8) is 0 Å². The molecule has 1 amide bonds. The zero-order valence-corrected chi connectivity index (χ0v) is 11.2. The van der Waals surface area contributed by atoms with Crippen molar-refractivity contribution in [2.75, 3.05) is 20.3 Å². The Hall–Kier alpha value is -1.17. The first kappa shape index (κ1) is 14.2. The molecular formula is C13H15ClFNO3. The van der Waals surface area contributed by atoms with Crippen LogP contribution in [0.25, 0.3) is 0 Å². The van der Waals surface area contributed by atoms with Crippen molar-refractivity contribution in [1.29, 1.82) is 0 Å². The van der Waals surface area contributed by atoms with Crippen molar-refractivity contribution in [3.8, 4) is 0 Å². The minimum absolute atomic E-state index is 0.0718. The lowest BCUT2D eigenvalue weighted by Gasteiger charge is -2.23. The number of rotatable bonds is 3. The number of aliphatic hydroxyl groups is 1. The molecule has 1 saturated heterocycles. The van der Waals surface area contributed by atoms with Crippen LogP contribution in [-0.2, 0) is 4.74 Å². The van der Waals surface area contributed by atoms with Crippen LogP contribution in [0.2, 0.25) is 5.02 Å². The first-order valence-electron chi connectivity index (χ1n) is 5.96. The van der Waals surface area contributed by atoms with Crippen LogP contribution in [0, 0.1) is 5.82 Å². The van der Waals surface area contributed by atoms with Gasteiger partial charge in [-0.2, -0.15) is 0 Å². The first-order valence-corrected chi connectivity index (χ1v) is 6.34. The number of hydrogen-bond donors (Lipinski definition) is 1. The SMILES string of the molecule is CO[C@H]1C[C@@H](CO)N(C(=O)c2ccc(F)cc2Cl)C1. The number of carbonyl (C=O) groups excluding carboxylic acids is 1. The van der Waals surface area contributed by atoms with E-state index in [0.29, 0.717) is 13.0 Å². The highest BCUT2D eigenvalue weighted by Crippen LogP contribution is 2.25. The van der Waals surface area contributed by atoms with Crippen molar-refractivity contribution in [2.24, 2.45) is 0 Å². The van der Waals surface area contributed by atoms with Crippen LogP contribution in [0.3, 0.4) is 0 Å². The standard InChI is InChI=1S/C13H15ClFNO3/c1-19-10-5-9(7-17)16(6-10)13(18)11-3-2-8(15)4-12(11)14/h2-4,9-10,17H,5-7H2,1H3/t9-,10-/m0/s1. The fourth-order valence-corrected chi connectivity index (χ4v) is 2.53. The second kappa shape index (κ2) is 5.86. The Kier molecular flexibility index (Phi) is 4.39. The summed E-state index contributed by atoms with van der Waals surface area (Å²) in [5.74, 6) is -0.806. The fourth-order valence-electron chi connectivity index (χ4n) is 2.28. The average Bonchev–Trinajstić information content (AvgIpc) is 2.81. The highest BCUT2D eigenvalue weighted by atomic mass is 35.5. The van der Waals surface area contributed by atoms with Gasteiger partial charge in [-0.1, -0.05) is 11.6 Å². The van der Waals surface area contributed by atoms with E-state index in [-0.39, 0.29) is 35.2 Å². The maximum Gasteiger partial charge on any atom is 0.255 e. The maximum atomic E-state index is 13.0. The summed E-state index contributed by atoms with van der Waals surface area (Å²) in [4.78, 5) is 13.9. The molecule has 0 radical (unpaired) electrons. The number of benzene rings is 1. The number of halogens is 2. The normalized spacial score (nSPS) is 22.8. The van der Waals surface area contributed by atoms with Gasteiger partial charge in [-0.3, -0.25) is 4.79 Å². The van der Waals surface area contributed by atoms with Crippen LogP contribution < -0.4 is 0 Å². The second-order valence-electron chi connectivity index (χ2n) is 4.51. The summed E-state index contributed by atoms with van der Waals surface area (Å²) in [5, 5.41) is 9.39. The molecular weight excluding hydrogens is 273 g/mol. The second-order valence-corrected chi connectivity index (χ2v) is 4.92. The molecule has 0 spiro atoms. The summed E-state index contributed by atoms with van der Waals surface area (Å²) >= 11 is 5.88. The summed E-state index contributed by atoms with van der Waals surface area (Å²) < 4.78 is 18.2. The molecule has 19 heavy (non-hydrogen) atoms. The molecule has 1 N–H and O–H groups in total. The van der Waals surface area contributed by atoms with Crippen LogP contribution in [0.5, 0.6) is 0 Å². The van der Waals surface area contributed by atoms with Gasteiger partial charge in [-0.05, 0) is 24.6 Å². The van der Waals surface area contributed by atoms with E-state index < -0.39 is 5.82 Å². The highest BCUT2D eigenvalue weighted by Gasteiger charge is 2.35. The van der Waals surface area contributed by atoms with Gasteiger partial charge in [0.1, 0.15) is 5.82 Å². The van der Waals surface area contributed by atoms with Gasteiger partial charge in [0.2, 0.25) is 0 Å². The largest absolute Gasteiger partial charge is 0.394 e. The number of carbonyl (C=O) groups is 1. The number of methoxy groups -OCH3 is 1. The summed E-state index contributed by atoms with van der Waals surface area (Å²) in [6.45, 7) is 0.263. The Balaban J connectivity index is 2.23. The van der Waals surface area contributed by atoms with E-state index in [1.54, 1.807) is 7.11 Å². The minimum atomic E-state index is -0.489. The molecule has 1 heterocycles. The van der Waals surface area contributed by atoms with Gasteiger partial charge in [0.05, 0.1) is 29.3 Å². The number of ether oxygens (including phenoxy) is 1. The Bertz CT molecular complexity index is 483. The number of likely N-dealkylation sites (tertiary alicyclic amines) is 1. The van der Waals surface area contributed by atoms with Crippen LogP contribution in [0.1, 0.15) is 16.8 Å². The van der Waals surface area contributed by atoms with Crippen molar-refractivity contribution in [1.82, 2.24) is 4.90 Å². The van der Waals surface area contributed by atoms with E-state index in [9.17, 15) is 14.3 Å². The zero-order chi connectivity index (χ0) is 14.0. The maximum absolute atomic E-state index is 13.0. The van der Waals surface area contributed by atoms with Crippen LogP contribution in [-0.4, -0.2) is 48.3 Å². The average molecular weight is 288 g/mol. The minimum Gasteiger partial charge on any atom is -0.394 e. The molecule has 1 aliphatic heterocycles. The van der Waals surface area contributed by atoms with Gasteiger partial charge < -0.3 is 14.7 Å². The van der Waals surface area contributed by atoms with Crippen LogP contribution in [0.15, 0.2) is 18.2 Å². The third kappa shape index (κ3) is 2.88. The molecule has 4 nitrogen and oxygen atoms in total. The molecule has 1 aromatic carbocycles. The summed E-state index contributed by atoms with van der Waals surface area (Å²) in [6.07, 6.45) is 0.484. The third-order valence-corrected chi connectivity index (χ3v) is 3.66. The lowest BCUT2D eigenvalue weighted by Crippen LogP contribution is -2.38. The molecule has 0 bridgehead atoms. The summed E-state index contributed by atoms with van der Waals surface area (Å²) in [5.41, 5.74) is 0.235. The van der Waals surface area contributed by atoms with E-state index in [1.165, 1.54) is 17.0 Å². The smallest absolute Gasteiger partial charge is 0.255 e. The monoisotopic (exact) mass is 287 g/mol. The van der Waals surface area contributed by atoms with Gasteiger partial charge >= 0.3 is 0 Å². The third-order valence-electron chi connectivity index (χ3n) is 3.34. The Morgan fingerprint density at radius 3 is 2.95 bits per heavy atom. The predicted octanol–water partition coefficient (Wildman–Crippen LogP) is 1.70. The Labute approximate surface area is 115 Å². The number of aliphatic hydroxyl groups excluding tert-OH is 1. The van der Waals surface area contributed by atoms with Gasteiger partial charge in [0.25, 0.3) is 5.91 Å². The lowest BCUT2D eigenvalue weighted by atomic mass is 10.1. The molecule has 6 heteroatoms. The molecule has 0 saturated carbocycles. The highest BCUT2D eigenvalue weighted by molar-refractivity contribution is 6.33. The van der Waals surface area contributed by atoms with Gasteiger partial charge in [0, 0.05) is 13.7 Å². The fraction of sp³-hybridized carbons (Fsp3) is 0.462. The molecule has 1 aliphatic rings. The van der Waals surface area contributed by atoms with E-state index in [4.69, 9.17) is 16.3 Å². The quantitative estimate of drug-likeness (QED) is 0.920. The number of hydrogen-bond acceptors (Lipinski definition) is 3. The van der Waals surface area contributed by atoms with E-state index >= 15 is 0 Å². The summed E-state index contributed by atoms with van der Waals surface area (Å²) in [7, 11) is 1.57.